The monoisotopic (exact) mass is 447 g/mol. The number of β-amino-alcohol motifs (C(OH)–C–C–N with tert-alkyl or cyclic N) is 1. The zero-order valence-corrected chi connectivity index (χ0v) is 18.4. The van der Waals surface area contributed by atoms with Gasteiger partial charge in [0.25, 0.3) is 0 Å². The van der Waals surface area contributed by atoms with E-state index in [1.807, 2.05) is 6.07 Å². The van der Waals surface area contributed by atoms with Crippen molar-refractivity contribution in [3.05, 3.63) is 53.6 Å². The summed E-state index contributed by atoms with van der Waals surface area (Å²) < 4.78 is 16.5. The molecule has 1 fully saturated rings. The number of nitrogens with zero attached hydrogens (tertiary/aromatic N) is 2. The van der Waals surface area contributed by atoms with Gasteiger partial charge in [0.05, 0.1) is 0 Å². The first-order valence-corrected chi connectivity index (χ1v) is 10.3. The van der Waals surface area contributed by atoms with Gasteiger partial charge in [0.1, 0.15) is 18.5 Å². The van der Waals surface area contributed by atoms with Crippen molar-refractivity contribution in [1.29, 1.82) is 0 Å². The van der Waals surface area contributed by atoms with Crippen LogP contribution in [0.1, 0.15) is 22.8 Å². The lowest BCUT2D eigenvalue weighted by atomic mass is 10.1. The quantitative estimate of drug-likeness (QED) is 0.530. The Balaban J connectivity index is 0.00000272. The SMILES string of the molecule is CC(=O)c1ccc(OCC(O)CN2CCN(Cc3ccc4c(c3)OCO4)CC2)cc1.[Cl-]. The van der Waals surface area contributed by atoms with E-state index in [1.165, 1.54) is 12.5 Å². The summed E-state index contributed by atoms with van der Waals surface area (Å²) >= 11 is 0. The zero-order valence-electron chi connectivity index (χ0n) is 17.6. The number of ketones is 1. The number of hydrogen-bond donors (Lipinski definition) is 1. The van der Waals surface area contributed by atoms with Crippen molar-refractivity contribution >= 4 is 5.78 Å². The van der Waals surface area contributed by atoms with Crippen molar-refractivity contribution in [2.45, 2.75) is 19.6 Å². The predicted octanol–water partition coefficient (Wildman–Crippen LogP) is -0.821. The third-order valence-corrected chi connectivity index (χ3v) is 5.48. The van der Waals surface area contributed by atoms with Crippen molar-refractivity contribution in [1.82, 2.24) is 9.80 Å². The number of rotatable bonds is 8. The second-order valence-corrected chi connectivity index (χ2v) is 7.81. The van der Waals surface area contributed by atoms with Crippen LogP contribution in [0.15, 0.2) is 42.5 Å². The van der Waals surface area contributed by atoms with Crippen LogP contribution < -0.4 is 26.6 Å². The highest BCUT2D eigenvalue weighted by Crippen LogP contribution is 2.32. The van der Waals surface area contributed by atoms with Crippen molar-refractivity contribution in [3.8, 4) is 17.2 Å². The number of carbonyl (C=O) groups is 1. The maximum absolute atomic E-state index is 11.3. The van der Waals surface area contributed by atoms with Gasteiger partial charge in [-0.15, -0.1) is 0 Å². The minimum Gasteiger partial charge on any atom is -1.00 e. The molecule has 168 valence electrons. The Morgan fingerprint density at radius 3 is 2.42 bits per heavy atom. The van der Waals surface area contributed by atoms with Crippen LogP contribution in [0, 0.1) is 0 Å². The number of fused-ring (bicyclic) bond motifs is 1. The van der Waals surface area contributed by atoms with Crippen LogP contribution in [0.3, 0.4) is 0 Å². The number of Topliss-reactive ketones (excluding diaryl/α,β-unsaturated/α-hetero) is 1. The standard InChI is InChI=1S/C23H28N2O5.ClH/c1-17(26)19-3-5-21(6-4-19)28-15-20(27)14-25-10-8-24(9-11-25)13-18-2-7-22-23(12-18)30-16-29-22;/h2-7,12,20,27H,8-11,13-16H2,1H3;1H/p-1. The second-order valence-electron chi connectivity index (χ2n) is 7.81. The van der Waals surface area contributed by atoms with Gasteiger partial charge in [0.2, 0.25) is 6.79 Å². The lowest BCUT2D eigenvalue weighted by Crippen LogP contribution is -3.00. The average molecular weight is 448 g/mol. The Morgan fingerprint density at radius 1 is 1.03 bits per heavy atom. The van der Waals surface area contributed by atoms with Gasteiger partial charge in [-0.1, -0.05) is 6.07 Å². The molecule has 2 aromatic carbocycles. The first-order chi connectivity index (χ1) is 14.6. The van der Waals surface area contributed by atoms with E-state index in [2.05, 4.69) is 21.9 Å². The summed E-state index contributed by atoms with van der Waals surface area (Å²) in [6.45, 7) is 7.27. The molecule has 31 heavy (non-hydrogen) atoms. The van der Waals surface area contributed by atoms with Crippen molar-refractivity contribution < 1.29 is 36.5 Å². The smallest absolute Gasteiger partial charge is 0.231 e. The molecular formula is C23H28ClN2O5-. The third kappa shape index (κ3) is 6.33. The number of piperazine rings is 1. The maximum atomic E-state index is 11.3. The highest BCUT2D eigenvalue weighted by molar-refractivity contribution is 5.94. The Hall–Kier alpha value is -2.32. The molecular weight excluding hydrogens is 420 g/mol. The molecule has 0 spiro atoms. The summed E-state index contributed by atoms with van der Waals surface area (Å²) in [5.41, 5.74) is 1.87. The normalized spacial score (nSPS) is 17.1. The lowest BCUT2D eigenvalue weighted by molar-refractivity contribution is -0.0000180. The lowest BCUT2D eigenvalue weighted by Gasteiger charge is -2.35. The fraction of sp³-hybridized carbons (Fsp3) is 0.435. The third-order valence-electron chi connectivity index (χ3n) is 5.48. The molecule has 8 heteroatoms. The average Bonchev–Trinajstić information content (AvgIpc) is 3.22. The van der Waals surface area contributed by atoms with E-state index in [1.54, 1.807) is 24.3 Å². The van der Waals surface area contributed by atoms with Gasteiger partial charge in [0, 0.05) is 44.8 Å². The Bertz CT molecular complexity index is 869. The molecule has 0 saturated carbocycles. The molecule has 7 nitrogen and oxygen atoms in total. The van der Waals surface area contributed by atoms with E-state index in [0.717, 1.165) is 44.2 Å². The predicted molar refractivity (Wildman–Crippen MR) is 112 cm³/mol. The van der Waals surface area contributed by atoms with E-state index >= 15 is 0 Å². The van der Waals surface area contributed by atoms with Crippen LogP contribution in [0.5, 0.6) is 17.2 Å². The molecule has 0 bridgehead atoms. The molecule has 2 aromatic rings. The molecule has 0 aromatic heterocycles. The number of aliphatic hydroxyl groups excluding tert-OH is 1. The second kappa shape index (κ2) is 10.8. The number of benzene rings is 2. The molecule has 2 heterocycles. The summed E-state index contributed by atoms with van der Waals surface area (Å²) in [4.78, 5) is 16.0. The fourth-order valence-electron chi connectivity index (χ4n) is 3.76. The number of ether oxygens (including phenoxy) is 3. The van der Waals surface area contributed by atoms with Crippen molar-refractivity contribution in [2.75, 3.05) is 46.1 Å². The molecule has 0 amide bonds. The Labute approximate surface area is 188 Å². The minimum atomic E-state index is -0.558. The van der Waals surface area contributed by atoms with Gasteiger partial charge < -0.3 is 31.7 Å². The fourth-order valence-corrected chi connectivity index (χ4v) is 3.76. The molecule has 1 N–H and O–H groups in total. The van der Waals surface area contributed by atoms with Gasteiger partial charge >= 0.3 is 0 Å². The first-order valence-electron chi connectivity index (χ1n) is 10.3. The molecule has 2 aliphatic heterocycles. The molecule has 0 aliphatic carbocycles. The number of aliphatic hydroxyl groups is 1. The maximum Gasteiger partial charge on any atom is 0.231 e. The van der Waals surface area contributed by atoms with Gasteiger partial charge in [-0.25, -0.2) is 0 Å². The van der Waals surface area contributed by atoms with Gasteiger partial charge in [0.15, 0.2) is 17.3 Å². The minimum absolute atomic E-state index is 0. The van der Waals surface area contributed by atoms with Crippen LogP contribution in [0.2, 0.25) is 0 Å². The van der Waals surface area contributed by atoms with Crippen LogP contribution >= 0.6 is 0 Å². The van der Waals surface area contributed by atoms with Gasteiger partial charge in [-0.05, 0) is 48.9 Å². The summed E-state index contributed by atoms with van der Waals surface area (Å²) in [5, 5.41) is 10.3. The number of carbonyl (C=O) groups excluding carboxylic acids is 1. The van der Waals surface area contributed by atoms with Crippen molar-refractivity contribution in [2.24, 2.45) is 0 Å². The molecule has 1 atom stereocenters. The Morgan fingerprint density at radius 2 is 1.71 bits per heavy atom. The molecule has 0 radical (unpaired) electrons. The van der Waals surface area contributed by atoms with Crippen LogP contribution in [-0.2, 0) is 6.54 Å². The van der Waals surface area contributed by atoms with Crippen LogP contribution in [0.25, 0.3) is 0 Å². The number of hydrogen-bond acceptors (Lipinski definition) is 7. The summed E-state index contributed by atoms with van der Waals surface area (Å²) in [5.74, 6) is 2.33. The molecule has 1 unspecified atom stereocenters. The largest absolute Gasteiger partial charge is 1.00 e. The highest BCUT2D eigenvalue weighted by Gasteiger charge is 2.21. The highest BCUT2D eigenvalue weighted by atomic mass is 35.5. The number of halogens is 1. The molecule has 1 saturated heterocycles. The van der Waals surface area contributed by atoms with Gasteiger partial charge in [-0.2, -0.15) is 0 Å². The first kappa shape index (κ1) is 23.3. The van der Waals surface area contributed by atoms with E-state index in [0.29, 0.717) is 24.7 Å². The van der Waals surface area contributed by atoms with E-state index in [-0.39, 0.29) is 24.8 Å². The Kier molecular flexibility index (Phi) is 8.15. The van der Waals surface area contributed by atoms with E-state index in [9.17, 15) is 9.90 Å². The molecule has 2 aliphatic rings. The zero-order chi connectivity index (χ0) is 20.9. The van der Waals surface area contributed by atoms with Gasteiger partial charge in [-0.3, -0.25) is 14.6 Å². The van der Waals surface area contributed by atoms with E-state index in [4.69, 9.17) is 14.2 Å². The van der Waals surface area contributed by atoms with E-state index < -0.39 is 6.10 Å². The van der Waals surface area contributed by atoms with Crippen molar-refractivity contribution in [3.63, 3.8) is 0 Å². The summed E-state index contributed by atoms with van der Waals surface area (Å²) in [6, 6.07) is 13.1. The van der Waals surface area contributed by atoms with Crippen LogP contribution in [0.4, 0.5) is 0 Å². The summed E-state index contributed by atoms with van der Waals surface area (Å²) in [7, 11) is 0. The molecule has 4 rings (SSSR count). The topological polar surface area (TPSA) is 71.5 Å². The van der Waals surface area contributed by atoms with Crippen LogP contribution in [-0.4, -0.2) is 72.9 Å². The summed E-state index contributed by atoms with van der Waals surface area (Å²) in [6.07, 6.45) is -0.558.